The summed E-state index contributed by atoms with van der Waals surface area (Å²) in [5, 5.41) is 5.41. The number of carbonyl (C=O) groups is 2. The van der Waals surface area contributed by atoms with Gasteiger partial charge in [-0.2, -0.15) is 0 Å². The lowest BCUT2D eigenvalue weighted by atomic mass is 10.1. The van der Waals surface area contributed by atoms with Crippen LogP contribution >= 0.6 is 0 Å². The van der Waals surface area contributed by atoms with Gasteiger partial charge < -0.3 is 15.5 Å². The fourth-order valence-electron chi connectivity index (χ4n) is 2.70. The fourth-order valence-corrected chi connectivity index (χ4v) is 2.70. The Hall–Kier alpha value is -2.73. The first-order valence-corrected chi connectivity index (χ1v) is 8.62. The summed E-state index contributed by atoms with van der Waals surface area (Å²) in [7, 11) is 3.53. The van der Waals surface area contributed by atoms with Crippen LogP contribution in [0.25, 0.3) is 0 Å². The number of benzene rings is 2. The Bertz CT molecular complexity index is 747. The van der Waals surface area contributed by atoms with Gasteiger partial charge in [-0.1, -0.05) is 30.3 Å². The van der Waals surface area contributed by atoms with Crippen molar-refractivity contribution in [3.8, 4) is 0 Å². The Labute approximate surface area is 153 Å². The van der Waals surface area contributed by atoms with E-state index in [0.717, 1.165) is 10.5 Å². The molecule has 0 bridgehead atoms. The highest BCUT2D eigenvalue weighted by Crippen LogP contribution is 2.06. The maximum atomic E-state index is 13.5. The second kappa shape index (κ2) is 9.68. The van der Waals surface area contributed by atoms with Crippen LogP contribution in [0, 0.1) is 5.82 Å². The predicted octanol–water partition coefficient (Wildman–Crippen LogP) is 0.559. The van der Waals surface area contributed by atoms with E-state index in [1.165, 1.54) is 6.07 Å². The minimum atomic E-state index is -0.246. The van der Waals surface area contributed by atoms with Crippen LogP contribution < -0.4 is 15.5 Å². The van der Waals surface area contributed by atoms with Crippen LogP contribution in [0.5, 0.6) is 0 Å². The largest absolute Gasteiger partial charge is 0.355 e. The van der Waals surface area contributed by atoms with E-state index in [0.29, 0.717) is 37.2 Å². The van der Waals surface area contributed by atoms with Crippen molar-refractivity contribution >= 4 is 11.8 Å². The molecule has 0 saturated carbocycles. The van der Waals surface area contributed by atoms with Crippen LogP contribution in [-0.2, 0) is 17.8 Å². The van der Waals surface area contributed by atoms with E-state index in [9.17, 15) is 14.0 Å². The molecule has 0 aliphatic carbocycles. The molecule has 0 heterocycles. The van der Waals surface area contributed by atoms with Crippen LogP contribution in [0.4, 0.5) is 4.39 Å². The van der Waals surface area contributed by atoms with Gasteiger partial charge in [0.2, 0.25) is 0 Å². The number of carbonyl (C=O) groups excluding carboxylic acids is 2. The van der Waals surface area contributed by atoms with E-state index < -0.39 is 0 Å². The molecule has 0 spiro atoms. The standard InChI is InChI=1S/C20H24FN3O2/c1-22-20(26)17-9-7-15(8-10-17)13-24(2)14-19(25)23-12-11-16-5-3-4-6-18(16)21/h3-10H,11-14H2,1-2H3,(H,22,26)(H,23,25)/p+1. The molecule has 2 aromatic carbocycles. The second-order valence-corrected chi connectivity index (χ2v) is 6.28. The summed E-state index contributed by atoms with van der Waals surface area (Å²) < 4.78 is 13.5. The molecule has 0 saturated heterocycles. The van der Waals surface area contributed by atoms with Crippen molar-refractivity contribution < 1.29 is 18.9 Å². The minimum absolute atomic E-state index is 0.0687. The topological polar surface area (TPSA) is 62.6 Å². The number of hydrogen-bond donors (Lipinski definition) is 3. The molecular formula is C20H25FN3O2+. The van der Waals surface area contributed by atoms with Crippen LogP contribution in [0.1, 0.15) is 21.5 Å². The number of halogens is 1. The first-order valence-electron chi connectivity index (χ1n) is 8.62. The summed E-state index contributed by atoms with van der Waals surface area (Å²) in [6, 6.07) is 13.9. The number of rotatable bonds is 8. The molecule has 26 heavy (non-hydrogen) atoms. The monoisotopic (exact) mass is 358 g/mol. The van der Waals surface area contributed by atoms with Crippen molar-refractivity contribution in [2.75, 3.05) is 27.2 Å². The lowest BCUT2D eigenvalue weighted by Gasteiger charge is -2.14. The summed E-state index contributed by atoms with van der Waals surface area (Å²) in [4.78, 5) is 24.6. The van der Waals surface area contributed by atoms with Crippen molar-refractivity contribution in [2.24, 2.45) is 0 Å². The van der Waals surface area contributed by atoms with Gasteiger partial charge in [0, 0.05) is 24.7 Å². The van der Waals surface area contributed by atoms with Crippen LogP contribution in [0.15, 0.2) is 48.5 Å². The van der Waals surface area contributed by atoms with Crippen molar-refractivity contribution in [1.29, 1.82) is 0 Å². The third-order valence-corrected chi connectivity index (χ3v) is 4.09. The Morgan fingerprint density at radius 3 is 2.42 bits per heavy atom. The summed E-state index contributed by atoms with van der Waals surface area (Å²) in [5.74, 6) is -0.433. The zero-order chi connectivity index (χ0) is 18.9. The third-order valence-electron chi connectivity index (χ3n) is 4.09. The molecule has 2 aromatic rings. The zero-order valence-electron chi connectivity index (χ0n) is 15.1. The lowest BCUT2D eigenvalue weighted by molar-refractivity contribution is -0.885. The lowest BCUT2D eigenvalue weighted by Crippen LogP contribution is -3.08. The quantitative estimate of drug-likeness (QED) is 0.646. The Balaban J connectivity index is 1.74. The van der Waals surface area contributed by atoms with E-state index in [1.807, 2.05) is 19.2 Å². The molecule has 0 aliphatic rings. The van der Waals surface area contributed by atoms with Gasteiger partial charge >= 0.3 is 0 Å². The molecular weight excluding hydrogens is 333 g/mol. The van der Waals surface area contributed by atoms with Gasteiger partial charge in [0.05, 0.1) is 7.05 Å². The van der Waals surface area contributed by atoms with Crippen molar-refractivity contribution in [3.63, 3.8) is 0 Å². The van der Waals surface area contributed by atoms with E-state index in [-0.39, 0.29) is 17.6 Å². The molecule has 1 atom stereocenters. The molecule has 0 radical (unpaired) electrons. The van der Waals surface area contributed by atoms with E-state index in [2.05, 4.69) is 10.6 Å². The Morgan fingerprint density at radius 2 is 1.77 bits per heavy atom. The maximum absolute atomic E-state index is 13.5. The van der Waals surface area contributed by atoms with Crippen molar-refractivity contribution in [2.45, 2.75) is 13.0 Å². The van der Waals surface area contributed by atoms with Crippen molar-refractivity contribution in [1.82, 2.24) is 10.6 Å². The van der Waals surface area contributed by atoms with Gasteiger partial charge in [-0.25, -0.2) is 4.39 Å². The molecule has 0 aliphatic heterocycles. The van der Waals surface area contributed by atoms with E-state index >= 15 is 0 Å². The first-order chi connectivity index (χ1) is 12.5. The van der Waals surface area contributed by atoms with Crippen molar-refractivity contribution in [3.05, 3.63) is 71.0 Å². The van der Waals surface area contributed by atoms with Crippen LogP contribution in [-0.4, -0.2) is 39.0 Å². The fraction of sp³-hybridized carbons (Fsp3) is 0.300. The van der Waals surface area contributed by atoms with Gasteiger partial charge in [0.15, 0.2) is 6.54 Å². The van der Waals surface area contributed by atoms with Crippen LogP contribution in [0.2, 0.25) is 0 Å². The minimum Gasteiger partial charge on any atom is -0.355 e. The number of nitrogens with one attached hydrogen (secondary N) is 3. The van der Waals surface area contributed by atoms with Gasteiger partial charge in [0.1, 0.15) is 12.4 Å². The summed E-state index contributed by atoms with van der Waals surface area (Å²) in [5.41, 5.74) is 2.26. The molecule has 0 aromatic heterocycles. The van der Waals surface area contributed by atoms with Gasteiger partial charge in [-0.3, -0.25) is 9.59 Å². The Kier molecular flexibility index (Phi) is 7.29. The SMILES string of the molecule is CNC(=O)c1ccc(C[NH+](C)CC(=O)NCCc2ccccc2F)cc1. The number of hydrogen-bond acceptors (Lipinski definition) is 2. The van der Waals surface area contributed by atoms with Crippen LogP contribution in [0.3, 0.4) is 0 Å². The van der Waals surface area contributed by atoms with E-state index in [4.69, 9.17) is 0 Å². The molecule has 2 rings (SSSR count). The molecule has 138 valence electrons. The Morgan fingerprint density at radius 1 is 1.08 bits per heavy atom. The second-order valence-electron chi connectivity index (χ2n) is 6.28. The molecule has 0 fully saturated rings. The number of likely N-dealkylation sites (N-methyl/N-ethyl adjacent to an activating group) is 1. The van der Waals surface area contributed by atoms with Gasteiger partial charge in [0.25, 0.3) is 11.8 Å². The predicted molar refractivity (Wildman–Crippen MR) is 98.4 cm³/mol. The highest BCUT2D eigenvalue weighted by molar-refractivity contribution is 5.93. The molecule has 5 nitrogen and oxygen atoms in total. The molecule has 2 amide bonds. The third kappa shape index (κ3) is 5.97. The summed E-state index contributed by atoms with van der Waals surface area (Å²) >= 11 is 0. The highest BCUT2D eigenvalue weighted by Gasteiger charge is 2.11. The van der Waals surface area contributed by atoms with Gasteiger partial charge in [-0.15, -0.1) is 0 Å². The zero-order valence-corrected chi connectivity index (χ0v) is 15.1. The smallest absolute Gasteiger partial charge is 0.275 e. The molecule has 6 heteroatoms. The van der Waals surface area contributed by atoms with Gasteiger partial charge in [-0.05, 0) is 30.2 Å². The normalized spacial score (nSPS) is 11.7. The summed E-state index contributed by atoms with van der Waals surface area (Å²) in [6.07, 6.45) is 0.471. The summed E-state index contributed by atoms with van der Waals surface area (Å²) in [6.45, 7) is 1.41. The average molecular weight is 358 g/mol. The molecule has 1 unspecified atom stereocenters. The molecule has 3 N–H and O–H groups in total. The first kappa shape index (κ1) is 19.6. The maximum Gasteiger partial charge on any atom is 0.275 e. The number of quaternary nitrogens is 1. The number of amides is 2. The highest BCUT2D eigenvalue weighted by atomic mass is 19.1. The average Bonchev–Trinajstić information content (AvgIpc) is 2.63. The van der Waals surface area contributed by atoms with E-state index in [1.54, 1.807) is 37.4 Å².